The minimum Gasteiger partial charge on any atom is -0.449 e. The Hall–Kier alpha value is -0.120. The largest absolute Gasteiger partial charge is 0.449 e. The van der Waals surface area contributed by atoms with Gasteiger partial charge in [-0.05, 0) is 20.8 Å². The second-order valence-corrected chi connectivity index (χ2v) is 3.00. The Morgan fingerprint density at radius 3 is 1.75 bits per heavy atom. The molecule has 3 nitrogen and oxygen atoms in total. The van der Waals surface area contributed by atoms with E-state index in [1.54, 1.807) is 7.05 Å². The molecule has 3 N–H and O–H groups in total. The van der Waals surface area contributed by atoms with Gasteiger partial charge in [-0.3, -0.25) is 0 Å². The molecule has 0 bridgehead atoms. The zero-order valence-corrected chi connectivity index (χ0v) is 6.00. The van der Waals surface area contributed by atoms with Crippen LogP contribution in [0.3, 0.4) is 0 Å². The highest BCUT2D eigenvalue weighted by Gasteiger charge is 2.09. The summed E-state index contributed by atoms with van der Waals surface area (Å²) in [5.74, 6) is 7.04. The quantitative estimate of drug-likeness (QED) is 0.458. The lowest BCUT2D eigenvalue weighted by Gasteiger charge is -2.26. The van der Waals surface area contributed by atoms with Crippen molar-refractivity contribution in [3.05, 3.63) is 5.84 Å². The molecule has 1 unspecified atom stereocenters. The van der Waals surface area contributed by atoms with Gasteiger partial charge in [0.15, 0.2) is 0 Å². The zero-order chi connectivity index (χ0) is 6.78. The molecule has 0 aliphatic rings. The van der Waals surface area contributed by atoms with Crippen molar-refractivity contribution in [3.63, 3.8) is 0 Å². The van der Waals surface area contributed by atoms with E-state index in [-0.39, 0.29) is 5.54 Å². The summed E-state index contributed by atoms with van der Waals surface area (Å²) in [5, 5.41) is 0.525. The molecule has 0 fully saturated rings. The number of quaternary nitrogens is 1. The van der Waals surface area contributed by atoms with Crippen LogP contribution in [0.1, 0.15) is 20.8 Å². The first kappa shape index (κ1) is 7.88. The van der Waals surface area contributed by atoms with Gasteiger partial charge in [0.05, 0.1) is 12.6 Å². The smallest absolute Gasteiger partial charge is 0.0749 e. The molecule has 0 heterocycles. The van der Waals surface area contributed by atoms with Crippen LogP contribution >= 0.6 is 0 Å². The summed E-state index contributed by atoms with van der Waals surface area (Å²) >= 11 is 0. The molecule has 0 aliphatic carbocycles. The zero-order valence-electron chi connectivity index (χ0n) is 6.00. The Kier molecular flexibility index (Phi) is 2.40. The monoisotopic (exact) mass is 117 g/mol. The molecule has 0 aromatic heterocycles. The second-order valence-electron chi connectivity index (χ2n) is 3.00. The molecule has 0 amide bonds. The standard InChI is InChI=1S/C5H15N3/c1-5(2,3)7-8(4)6/h6-8H,1-4H3. The third-order valence-corrected chi connectivity index (χ3v) is 0.562. The molecule has 0 aromatic carbocycles. The van der Waals surface area contributed by atoms with Crippen molar-refractivity contribution in [2.75, 3.05) is 7.05 Å². The van der Waals surface area contributed by atoms with Crippen molar-refractivity contribution in [2.45, 2.75) is 26.3 Å². The third-order valence-electron chi connectivity index (χ3n) is 0.562. The summed E-state index contributed by atoms with van der Waals surface area (Å²) in [7, 11) is 1.74. The van der Waals surface area contributed by atoms with Gasteiger partial charge in [-0.25, -0.2) is 0 Å². The fourth-order valence-electron chi connectivity index (χ4n) is 0.562. The summed E-state index contributed by atoms with van der Waals surface area (Å²) in [6.45, 7) is 6.10. The van der Waals surface area contributed by atoms with Gasteiger partial charge >= 0.3 is 0 Å². The SMILES string of the molecule is C[NH+]([NH-])NC(C)(C)C. The fraction of sp³-hybridized carbons (Fsp3) is 1.00. The van der Waals surface area contributed by atoms with Crippen molar-refractivity contribution in [1.29, 1.82) is 0 Å². The predicted molar refractivity (Wildman–Crippen MR) is 34.1 cm³/mol. The van der Waals surface area contributed by atoms with E-state index in [4.69, 9.17) is 5.84 Å². The second kappa shape index (κ2) is 2.44. The molecule has 0 spiro atoms. The van der Waals surface area contributed by atoms with E-state index in [1.165, 1.54) is 0 Å². The van der Waals surface area contributed by atoms with Crippen LogP contribution in [-0.4, -0.2) is 12.6 Å². The molecule has 8 heavy (non-hydrogen) atoms. The van der Waals surface area contributed by atoms with Gasteiger partial charge in [0.25, 0.3) is 0 Å². The van der Waals surface area contributed by atoms with Crippen molar-refractivity contribution >= 4 is 0 Å². The Balaban J connectivity index is 3.39. The normalized spacial score (nSPS) is 16.1. The van der Waals surface area contributed by atoms with Crippen molar-refractivity contribution in [1.82, 2.24) is 5.43 Å². The van der Waals surface area contributed by atoms with E-state index >= 15 is 0 Å². The van der Waals surface area contributed by atoms with Crippen LogP contribution in [0, 0.1) is 0 Å². The number of hydrogen-bond acceptors (Lipinski definition) is 1. The van der Waals surface area contributed by atoms with Crippen LogP contribution in [-0.2, 0) is 0 Å². The lowest BCUT2D eigenvalue weighted by molar-refractivity contribution is -0.882. The fourth-order valence-corrected chi connectivity index (χ4v) is 0.562. The summed E-state index contributed by atoms with van der Waals surface area (Å²) < 4.78 is 0. The molecular formula is C5H15N3. The van der Waals surface area contributed by atoms with Crippen LogP contribution in [0.5, 0.6) is 0 Å². The number of nitrogens with one attached hydrogen (secondary N) is 3. The third kappa shape index (κ3) is 5.88. The van der Waals surface area contributed by atoms with Gasteiger partial charge in [0.1, 0.15) is 0 Å². The maximum absolute atomic E-state index is 7.04. The Bertz CT molecular complexity index is 62.6. The molecule has 0 saturated heterocycles. The van der Waals surface area contributed by atoms with Crippen molar-refractivity contribution in [3.8, 4) is 0 Å². The highest BCUT2D eigenvalue weighted by Crippen LogP contribution is 1.92. The lowest BCUT2D eigenvalue weighted by atomic mass is 10.1. The van der Waals surface area contributed by atoms with Crippen LogP contribution in [0.15, 0.2) is 0 Å². The number of hydrogen-bond donors (Lipinski definition) is 2. The van der Waals surface area contributed by atoms with E-state index in [2.05, 4.69) is 5.43 Å². The average molecular weight is 117 g/mol. The van der Waals surface area contributed by atoms with E-state index in [9.17, 15) is 0 Å². The van der Waals surface area contributed by atoms with E-state index in [1.807, 2.05) is 20.8 Å². The van der Waals surface area contributed by atoms with Crippen LogP contribution in [0.2, 0.25) is 0 Å². The molecular weight excluding hydrogens is 102 g/mol. The maximum Gasteiger partial charge on any atom is 0.0749 e. The highest BCUT2D eigenvalue weighted by molar-refractivity contribution is 4.62. The Labute approximate surface area is 50.8 Å². The summed E-state index contributed by atoms with van der Waals surface area (Å²) in [6.07, 6.45) is 0. The first-order chi connectivity index (χ1) is 3.42. The van der Waals surface area contributed by atoms with Crippen molar-refractivity contribution in [2.24, 2.45) is 0 Å². The first-order valence-electron chi connectivity index (χ1n) is 2.75. The lowest BCUT2D eigenvalue weighted by Crippen LogP contribution is -3.11. The van der Waals surface area contributed by atoms with Gasteiger partial charge in [-0.1, -0.05) is 0 Å². The van der Waals surface area contributed by atoms with E-state index in [0.29, 0.717) is 5.12 Å². The summed E-state index contributed by atoms with van der Waals surface area (Å²) in [4.78, 5) is 0. The van der Waals surface area contributed by atoms with Crippen LogP contribution < -0.4 is 10.5 Å². The minimum absolute atomic E-state index is 0.0475. The molecule has 0 aromatic rings. The minimum atomic E-state index is 0.0475. The first-order valence-corrected chi connectivity index (χ1v) is 2.75. The Morgan fingerprint density at radius 2 is 1.75 bits per heavy atom. The van der Waals surface area contributed by atoms with Crippen LogP contribution in [0.25, 0.3) is 5.84 Å². The van der Waals surface area contributed by atoms with Crippen LogP contribution in [0.4, 0.5) is 0 Å². The molecule has 0 radical (unpaired) electrons. The Morgan fingerprint density at radius 1 is 1.38 bits per heavy atom. The number of rotatable bonds is 1. The average Bonchev–Trinajstić information content (AvgIpc) is 1.21. The van der Waals surface area contributed by atoms with Gasteiger partial charge in [-0.2, -0.15) is 5.43 Å². The van der Waals surface area contributed by atoms with Gasteiger partial charge in [-0.15, -0.1) is 0 Å². The summed E-state index contributed by atoms with van der Waals surface area (Å²) in [5.41, 5.74) is 3.01. The van der Waals surface area contributed by atoms with E-state index in [0.717, 1.165) is 0 Å². The molecule has 50 valence electrons. The molecule has 1 atom stereocenters. The topological polar surface area (TPSA) is 40.3 Å². The highest BCUT2D eigenvalue weighted by atomic mass is 15.7. The van der Waals surface area contributed by atoms with Gasteiger partial charge in [0, 0.05) is 0 Å². The molecule has 0 saturated carbocycles. The molecule has 3 heteroatoms. The molecule has 0 aliphatic heterocycles. The maximum atomic E-state index is 7.04. The van der Waals surface area contributed by atoms with Crippen molar-refractivity contribution < 1.29 is 5.12 Å². The van der Waals surface area contributed by atoms with Gasteiger partial charge in [0.2, 0.25) is 0 Å². The molecule has 0 rings (SSSR count). The van der Waals surface area contributed by atoms with Gasteiger partial charge < -0.3 is 11.0 Å². The summed E-state index contributed by atoms with van der Waals surface area (Å²) in [6, 6.07) is 0. The predicted octanol–water partition coefficient (Wildman–Crippen LogP) is -0.229. The van der Waals surface area contributed by atoms with E-state index < -0.39 is 0 Å².